The molecular formula is C16H9BrCl3N5O2. The summed E-state index contributed by atoms with van der Waals surface area (Å²) in [4.78, 5) is 17.0. The standard InChI is InChI=1S/C16H9BrCl3N5O2/c17-13-6-12(25(24-13)15-10(19)2-1-3-21-15)16(26)23-14-8(7-22-27)4-9(18)5-11(14)20/h1-7,27H,(H,23,26). The van der Waals surface area contributed by atoms with Gasteiger partial charge < -0.3 is 10.5 Å². The molecule has 0 bridgehead atoms. The van der Waals surface area contributed by atoms with E-state index < -0.39 is 5.91 Å². The summed E-state index contributed by atoms with van der Waals surface area (Å²) in [6, 6.07) is 7.75. The molecule has 0 radical (unpaired) electrons. The molecule has 3 rings (SSSR count). The van der Waals surface area contributed by atoms with E-state index in [1.807, 2.05) is 0 Å². The number of rotatable bonds is 4. The molecule has 0 unspecified atom stereocenters. The zero-order valence-electron chi connectivity index (χ0n) is 13.2. The average molecular weight is 490 g/mol. The van der Waals surface area contributed by atoms with Gasteiger partial charge >= 0.3 is 0 Å². The van der Waals surface area contributed by atoms with Crippen molar-refractivity contribution in [2.24, 2.45) is 5.16 Å². The number of carbonyl (C=O) groups is 1. The Hall–Kier alpha value is -2.13. The first-order chi connectivity index (χ1) is 12.9. The molecule has 1 amide bonds. The minimum Gasteiger partial charge on any atom is -0.411 e. The number of hydrogen-bond donors (Lipinski definition) is 2. The third-order valence-electron chi connectivity index (χ3n) is 3.37. The Morgan fingerprint density at radius 3 is 2.74 bits per heavy atom. The second-order valence-corrected chi connectivity index (χ2v) is 7.19. The van der Waals surface area contributed by atoms with Gasteiger partial charge in [-0.3, -0.25) is 4.79 Å². The highest BCUT2D eigenvalue weighted by atomic mass is 79.9. The molecule has 0 aliphatic rings. The topological polar surface area (TPSA) is 92.4 Å². The highest BCUT2D eigenvalue weighted by molar-refractivity contribution is 9.10. The lowest BCUT2D eigenvalue weighted by Gasteiger charge is -2.12. The smallest absolute Gasteiger partial charge is 0.274 e. The summed E-state index contributed by atoms with van der Waals surface area (Å²) in [5.41, 5.74) is 0.699. The van der Waals surface area contributed by atoms with E-state index in [2.05, 4.69) is 36.5 Å². The van der Waals surface area contributed by atoms with E-state index in [4.69, 9.17) is 40.0 Å². The Morgan fingerprint density at radius 1 is 1.26 bits per heavy atom. The van der Waals surface area contributed by atoms with Crippen LogP contribution in [-0.2, 0) is 0 Å². The average Bonchev–Trinajstić information content (AvgIpc) is 3.00. The van der Waals surface area contributed by atoms with Gasteiger partial charge in [0.1, 0.15) is 10.3 Å². The van der Waals surface area contributed by atoms with Gasteiger partial charge in [0.15, 0.2) is 5.82 Å². The summed E-state index contributed by atoms with van der Waals surface area (Å²) >= 11 is 21.5. The van der Waals surface area contributed by atoms with Crippen molar-refractivity contribution in [1.29, 1.82) is 0 Å². The molecule has 0 saturated heterocycles. The molecule has 3 aromatic rings. The minimum absolute atomic E-state index is 0.153. The first-order valence-electron chi connectivity index (χ1n) is 7.25. The number of nitrogens with zero attached hydrogens (tertiary/aromatic N) is 4. The van der Waals surface area contributed by atoms with Crippen LogP contribution in [0.25, 0.3) is 5.82 Å². The Bertz CT molecular complexity index is 1050. The fourth-order valence-electron chi connectivity index (χ4n) is 2.28. The maximum atomic E-state index is 12.9. The zero-order chi connectivity index (χ0) is 19.6. The molecule has 0 aliphatic heterocycles. The van der Waals surface area contributed by atoms with E-state index in [9.17, 15) is 4.79 Å². The zero-order valence-corrected chi connectivity index (χ0v) is 17.1. The Balaban J connectivity index is 2.03. The third-order valence-corrected chi connectivity index (χ3v) is 4.57. The first-order valence-corrected chi connectivity index (χ1v) is 9.17. The van der Waals surface area contributed by atoms with Crippen LogP contribution in [0.15, 0.2) is 46.3 Å². The largest absolute Gasteiger partial charge is 0.411 e. The number of pyridine rings is 1. The van der Waals surface area contributed by atoms with Gasteiger partial charge in [-0.1, -0.05) is 40.0 Å². The van der Waals surface area contributed by atoms with Crippen LogP contribution in [0.2, 0.25) is 15.1 Å². The number of carbonyl (C=O) groups excluding carboxylic acids is 1. The summed E-state index contributed by atoms with van der Waals surface area (Å²) in [6.45, 7) is 0. The minimum atomic E-state index is -0.535. The lowest BCUT2D eigenvalue weighted by molar-refractivity contribution is 0.101. The summed E-state index contributed by atoms with van der Waals surface area (Å²) in [5, 5.41) is 19.5. The second-order valence-electron chi connectivity index (χ2n) is 5.12. The van der Waals surface area contributed by atoms with Crippen LogP contribution in [0.3, 0.4) is 0 Å². The molecular weight excluding hydrogens is 480 g/mol. The number of aromatic nitrogens is 3. The van der Waals surface area contributed by atoms with Crippen LogP contribution >= 0.6 is 50.7 Å². The number of nitrogens with one attached hydrogen (secondary N) is 1. The van der Waals surface area contributed by atoms with Gasteiger partial charge in [-0.05, 0) is 40.2 Å². The maximum absolute atomic E-state index is 12.9. The molecule has 2 aromatic heterocycles. The molecule has 0 saturated carbocycles. The highest BCUT2D eigenvalue weighted by Crippen LogP contribution is 2.30. The second kappa shape index (κ2) is 8.26. The van der Waals surface area contributed by atoms with Crippen molar-refractivity contribution in [3.05, 3.63) is 67.5 Å². The third kappa shape index (κ3) is 4.24. The van der Waals surface area contributed by atoms with Crippen LogP contribution in [0.4, 0.5) is 5.69 Å². The first kappa shape index (κ1) is 19.6. The Labute approximate surface area is 176 Å². The fourth-order valence-corrected chi connectivity index (χ4v) is 3.41. The van der Waals surface area contributed by atoms with Gasteiger partial charge in [-0.2, -0.15) is 5.10 Å². The van der Waals surface area contributed by atoms with Crippen LogP contribution in [-0.4, -0.2) is 32.1 Å². The number of halogens is 4. The molecule has 11 heteroatoms. The van der Waals surface area contributed by atoms with E-state index in [-0.39, 0.29) is 22.2 Å². The molecule has 2 N–H and O–H groups in total. The van der Waals surface area contributed by atoms with E-state index in [0.29, 0.717) is 20.2 Å². The quantitative estimate of drug-likeness (QED) is 0.305. The molecule has 7 nitrogen and oxygen atoms in total. The Morgan fingerprint density at radius 2 is 2.04 bits per heavy atom. The van der Waals surface area contributed by atoms with Gasteiger partial charge in [0.2, 0.25) is 0 Å². The van der Waals surface area contributed by atoms with Crippen molar-refractivity contribution >= 4 is 68.5 Å². The monoisotopic (exact) mass is 487 g/mol. The fraction of sp³-hybridized carbons (Fsp3) is 0. The Kier molecular flexibility index (Phi) is 6.01. The molecule has 2 heterocycles. The molecule has 0 aliphatic carbocycles. The highest BCUT2D eigenvalue weighted by Gasteiger charge is 2.20. The number of anilines is 1. The van der Waals surface area contributed by atoms with Gasteiger partial charge in [0, 0.05) is 22.8 Å². The van der Waals surface area contributed by atoms with Crippen molar-refractivity contribution in [3.63, 3.8) is 0 Å². The van der Waals surface area contributed by atoms with Crippen molar-refractivity contribution in [3.8, 4) is 5.82 Å². The number of amides is 1. The predicted molar refractivity (Wildman–Crippen MR) is 108 cm³/mol. The van der Waals surface area contributed by atoms with E-state index in [1.165, 1.54) is 29.1 Å². The van der Waals surface area contributed by atoms with Crippen molar-refractivity contribution < 1.29 is 10.0 Å². The predicted octanol–water partition coefficient (Wildman–Crippen LogP) is 5.05. The van der Waals surface area contributed by atoms with E-state index in [1.54, 1.807) is 12.1 Å². The van der Waals surface area contributed by atoms with Crippen LogP contribution < -0.4 is 5.32 Å². The molecule has 138 valence electrons. The van der Waals surface area contributed by atoms with Gasteiger partial charge in [0.25, 0.3) is 5.91 Å². The summed E-state index contributed by atoms with van der Waals surface area (Å²) in [7, 11) is 0. The normalized spacial score (nSPS) is 11.1. The number of benzene rings is 1. The maximum Gasteiger partial charge on any atom is 0.274 e. The van der Waals surface area contributed by atoms with Gasteiger partial charge in [0.05, 0.1) is 21.9 Å². The summed E-state index contributed by atoms with van der Waals surface area (Å²) in [6.07, 6.45) is 2.64. The van der Waals surface area contributed by atoms with Crippen molar-refractivity contribution in [2.45, 2.75) is 0 Å². The molecule has 27 heavy (non-hydrogen) atoms. The van der Waals surface area contributed by atoms with Gasteiger partial charge in [-0.25, -0.2) is 9.67 Å². The molecule has 0 fully saturated rings. The molecule has 1 aromatic carbocycles. The van der Waals surface area contributed by atoms with Crippen LogP contribution in [0.5, 0.6) is 0 Å². The van der Waals surface area contributed by atoms with E-state index >= 15 is 0 Å². The van der Waals surface area contributed by atoms with Crippen LogP contribution in [0.1, 0.15) is 16.1 Å². The molecule has 0 atom stereocenters. The van der Waals surface area contributed by atoms with Crippen molar-refractivity contribution in [2.75, 3.05) is 5.32 Å². The number of hydrogen-bond acceptors (Lipinski definition) is 5. The SMILES string of the molecule is O=C(Nc1c(Cl)cc(Cl)cc1C=NO)c1cc(Br)nn1-c1ncccc1Cl. The molecule has 0 spiro atoms. The summed E-state index contributed by atoms with van der Waals surface area (Å²) < 4.78 is 1.71. The summed E-state index contributed by atoms with van der Waals surface area (Å²) in [5.74, 6) is -0.249. The van der Waals surface area contributed by atoms with Gasteiger partial charge in [-0.15, -0.1) is 0 Å². The lowest BCUT2D eigenvalue weighted by atomic mass is 10.2. The lowest BCUT2D eigenvalue weighted by Crippen LogP contribution is -2.19. The van der Waals surface area contributed by atoms with Crippen LogP contribution in [0, 0.1) is 0 Å². The van der Waals surface area contributed by atoms with E-state index in [0.717, 1.165) is 6.21 Å². The number of oxime groups is 1. The van der Waals surface area contributed by atoms with Crippen molar-refractivity contribution in [1.82, 2.24) is 14.8 Å².